The highest BCUT2D eigenvalue weighted by atomic mass is 35.5. The third-order valence-electron chi connectivity index (χ3n) is 1.94. The molecule has 0 aliphatic rings. The normalized spacial score (nSPS) is 9.71. The molecule has 0 saturated heterocycles. The molecule has 0 spiro atoms. The molecule has 0 aliphatic carbocycles. The number of halogens is 2. The first-order valence-corrected chi connectivity index (χ1v) is 5.06. The van der Waals surface area contributed by atoms with E-state index in [4.69, 9.17) is 21.6 Å². The summed E-state index contributed by atoms with van der Waals surface area (Å²) < 4.78 is 18.0. The van der Waals surface area contributed by atoms with Gasteiger partial charge in [0.15, 0.2) is 0 Å². The monoisotopic (exact) mass is 248 g/mol. The molecule has 5 heteroatoms. The molecule has 2 aromatic rings. The molecule has 17 heavy (non-hydrogen) atoms. The van der Waals surface area contributed by atoms with Crippen LogP contribution in [0.1, 0.15) is 5.56 Å². The Morgan fingerprint density at radius 3 is 2.59 bits per heavy atom. The fraction of sp³-hybridized carbons (Fsp3) is 0. The predicted octanol–water partition coefficient (Wildman–Crippen LogP) is 3.54. The Bertz CT molecular complexity index is 578. The molecule has 2 rings (SSSR count). The van der Waals surface area contributed by atoms with Crippen LogP contribution in [0.15, 0.2) is 36.4 Å². The molecule has 1 aromatic carbocycles. The van der Waals surface area contributed by atoms with Crippen molar-refractivity contribution in [2.24, 2.45) is 0 Å². The molecule has 0 bridgehead atoms. The average Bonchev–Trinajstić information content (AvgIpc) is 2.31. The van der Waals surface area contributed by atoms with Gasteiger partial charge in [0.25, 0.3) is 0 Å². The van der Waals surface area contributed by atoms with Gasteiger partial charge in [-0.3, -0.25) is 0 Å². The second-order valence-electron chi connectivity index (χ2n) is 3.18. The lowest BCUT2D eigenvalue weighted by Crippen LogP contribution is -1.90. The van der Waals surface area contributed by atoms with Gasteiger partial charge >= 0.3 is 0 Å². The molecule has 84 valence electrons. The third-order valence-corrected chi connectivity index (χ3v) is 2.13. The summed E-state index contributed by atoms with van der Waals surface area (Å²) in [7, 11) is 0. The van der Waals surface area contributed by atoms with Crippen LogP contribution >= 0.6 is 11.6 Å². The Morgan fingerprint density at radius 2 is 1.94 bits per heavy atom. The molecule has 0 unspecified atom stereocenters. The molecule has 3 nitrogen and oxygen atoms in total. The summed E-state index contributed by atoms with van der Waals surface area (Å²) in [5, 5.41) is 8.92. The van der Waals surface area contributed by atoms with Crippen LogP contribution < -0.4 is 4.74 Å². The summed E-state index contributed by atoms with van der Waals surface area (Å²) in [6, 6.07) is 10.3. The number of nitriles is 1. The van der Waals surface area contributed by atoms with E-state index in [-0.39, 0.29) is 16.9 Å². The average molecular weight is 249 g/mol. The van der Waals surface area contributed by atoms with Crippen LogP contribution in [0.25, 0.3) is 0 Å². The fourth-order valence-corrected chi connectivity index (χ4v) is 1.41. The van der Waals surface area contributed by atoms with E-state index in [9.17, 15) is 4.39 Å². The van der Waals surface area contributed by atoms with Gasteiger partial charge < -0.3 is 4.74 Å². The number of pyridine rings is 1. The van der Waals surface area contributed by atoms with E-state index in [1.54, 1.807) is 0 Å². The second-order valence-corrected chi connectivity index (χ2v) is 3.57. The Hall–Kier alpha value is -2.12. The standard InChI is InChI=1S/C12H6ClFN2O/c13-11-5-8(7-15)6-12(16-11)17-10-3-1-9(14)2-4-10/h1-6H. The zero-order valence-electron chi connectivity index (χ0n) is 8.52. The van der Waals surface area contributed by atoms with E-state index in [1.807, 2.05) is 6.07 Å². The summed E-state index contributed by atoms with van der Waals surface area (Å²) in [4.78, 5) is 3.90. The maximum atomic E-state index is 12.7. The van der Waals surface area contributed by atoms with Crippen LogP contribution in [0.3, 0.4) is 0 Å². The van der Waals surface area contributed by atoms with Crippen molar-refractivity contribution in [3.05, 3.63) is 52.9 Å². The lowest BCUT2D eigenvalue weighted by molar-refractivity contribution is 0.461. The van der Waals surface area contributed by atoms with Gasteiger partial charge in [0.2, 0.25) is 5.88 Å². The van der Waals surface area contributed by atoms with Gasteiger partial charge in [0, 0.05) is 6.07 Å². The van der Waals surface area contributed by atoms with Crippen molar-refractivity contribution >= 4 is 11.6 Å². The highest BCUT2D eigenvalue weighted by Gasteiger charge is 2.03. The molecule has 0 atom stereocenters. The number of rotatable bonds is 2. The Kier molecular flexibility index (Phi) is 3.22. The first kappa shape index (κ1) is 11.4. The lowest BCUT2D eigenvalue weighted by Gasteiger charge is -2.04. The molecule has 0 saturated carbocycles. The molecule has 1 aromatic heterocycles. The van der Waals surface area contributed by atoms with Crippen molar-refractivity contribution in [3.8, 4) is 17.7 Å². The summed E-state index contributed by atoms with van der Waals surface area (Å²) in [5.41, 5.74) is 0.349. The molecule has 1 heterocycles. The highest BCUT2D eigenvalue weighted by Crippen LogP contribution is 2.22. The van der Waals surface area contributed by atoms with Crippen LogP contribution in [0.4, 0.5) is 4.39 Å². The second kappa shape index (κ2) is 4.81. The Labute approximate surface area is 102 Å². The van der Waals surface area contributed by atoms with E-state index in [2.05, 4.69) is 4.98 Å². The fourth-order valence-electron chi connectivity index (χ4n) is 1.21. The molecular weight excluding hydrogens is 243 g/mol. The highest BCUT2D eigenvalue weighted by molar-refractivity contribution is 6.29. The Morgan fingerprint density at radius 1 is 1.24 bits per heavy atom. The van der Waals surface area contributed by atoms with E-state index in [0.717, 1.165) is 0 Å². The number of hydrogen-bond donors (Lipinski definition) is 0. The molecule has 0 radical (unpaired) electrons. The van der Waals surface area contributed by atoms with Gasteiger partial charge in [0.1, 0.15) is 16.7 Å². The van der Waals surface area contributed by atoms with Gasteiger partial charge in [-0.15, -0.1) is 0 Å². The number of ether oxygens (including phenoxy) is 1. The quantitative estimate of drug-likeness (QED) is 0.764. The van der Waals surface area contributed by atoms with Gasteiger partial charge in [-0.05, 0) is 30.3 Å². The zero-order chi connectivity index (χ0) is 12.3. The summed E-state index contributed by atoms with van der Waals surface area (Å²) >= 11 is 5.72. The van der Waals surface area contributed by atoms with E-state index in [0.29, 0.717) is 11.3 Å². The minimum absolute atomic E-state index is 0.168. The number of hydrogen-bond acceptors (Lipinski definition) is 3. The topological polar surface area (TPSA) is 45.9 Å². The van der Waals surface area contributed by atoms with Crippen LogP contribution in [-0.2, 0) is 0 Å². The molecule has 0 fully saturated rings. The maximum Gasteiger partial charge on any atom is 0.221 e. The van der Waals surface area contributed by atoms with Crippen molar-refractivity contribution in [1.29, 1.82) is 5.26 Å². The molecule has 0 aliphatic heterocycles. The van der Waals surface area contributed by atoms with Crippen molar-refractivity contribution in [2.75, 3.05) is 0 Å². The van der Waals surface area contributed by atoms with Gasteiger partial charge in [0.05, 0.1) is 11.6 Å². The van der Waals surface area contributed by atoms with Crippen molar-refractivity contribution < 1.29 is 9.13 Å². The summed E-state index contributed by atoms with van der Waals surface area (Å²) in [6.45, 7) is 0. The van der Waals surface area contributed by atoms with Crippen molar-refractivity contribution in [2.45, 2.75) is 0 Å². The molecule has 0 amide bonds. The predicted molar refractivity (Wildman–Crippen MR) is 60.4 cm³/mol. The van der Waals surface area contributed by atoms with Crippen molar-refractivity contribution in [3.63, 3.8) is 0 Å². The van der Waals surface area contributed by atoms with Gasteiger partial charge in [-0.25, -0.2) is 9.37 Å². The van der Waals surface area contributed by atoms with Gasteiger partial charge in [-0.2, -0.15) is 5.26 Å². The number of aromatic nitrogens is 1. The van der Waals surface area contributed by atoms with Crippen LogP contribution in [0, 0.1) is 17.1 Å². The minimum atomic E-state index is -0.353. The minimum Gasteiger partial charge on any atom is -0.439 e. The zero-order valence-corrected chi connectivity index (χ0v) is 9.28. The number of nitrogens with zero attached hydrogens (tertiary/aromatic N) is 2. The maximum absolute atomic E-state index is 12.7. The molecule has 0 N–H and O–H groups in total. The van der Waals surface area contributed by atoms with Crippen LogP contribution in [0.2, 0.25) is 5.15 Å². The lowest BCUT2D eigenvalue weighted by atomic mass is 10.3. The van der Waals surface area contributed by atoms with Crippen LogP contribution in [0.5, 0.6) is 11.6 Å². The smallest absolute Gasteiger partial charge is 0.221 e. The first-order chi connectivity index (χ1) is 8.17. The third kappa shape index (κ3) is 2.92. The van der Waals surface area contributed by atoms with E-state index in [1.165, 1.54) is 36.4 Å². The summed E-state index contributed by atoms with van der Waals surface area (Å²) in [6.07, 6.45) is 0. The SMILES string of the molecule is N#Cc1cc(Cl)nc(Oc2ccc(F)cc2)c1. The van der Waals surface area contributed by atoms with Gasteiger partial charge in [-0.1, -0.05) is 11.6 Å². The largest absolute Gasteiger partial charge is 0.439 e. The Balaban J connectivity index is 2.27. The first-order valence-electron chi connectivity index (χ1n) is 4.68. The molecular formula is C12H6ClFN2O. The summed E-state index contributed by atoms with van der Waals surface area (Å²) in [5.74, 6) is 0.264. The van der Waals surface area contributed by atoms with E-state index < -0.39 is 0 Å². The van der Waals surface area contributed by atoms with Crippen molar-refractivity contribution in [1.82, 2.24) is 4.98 Å². The van der Waals surface area contributed by atoms with Crippen LogP contribution in [-0.4, -0.2) is 4.98 Å². The van der Waals surface area contributed by atoms with E-state index >= 15 is 0 Å². The number of benzene rings is 1.